The molecule has 2 nitrogen and oxygen atoms in total. The maximum absolute atomic E-state index is 5.88. The zero-order valence-electron chi connectivity index (χ0n) is 12.0. The van der Waals surface area contributed by atoms with Crippen molar-refractivity contribution in [2.75, 3.05) is 19.4 Å². The highest BCUT2D eigenvalue weighted by Crippen LogP contribution is 2.43. The van der Waals surface area contributed by atoms with E-state index in [1.165, 1.54) is 31.2 Å². The van der Waals surface area contributed by atoms with Gasteiger partial charge in [-0.05, 0) is 44.1 Å². The molecule has 1 aliphatic heterocycles. The number of thioether (sulfide) groups is 1. The molecule has 1 unspecified atom stereocenters. The Morgan fingerprint density at radius 3 is 2.95 bits per heavy atom. The Kier molecular flexibility index (Phi) is 4.63. The van der Waals surface area contributed by atoms with Gasteiger partial charge in [-0.25, -0.2) is 0 Å². The van der Waals surface area contributed by atoms with Crippen LogP contribution in [0.5, 0.6) is 5.75 Å². The molecule has 1 heterocycles. The van der Waals surface area contributed by atoms with E-state index in [4.69, 9.17) is 4.74 Å². The third-order valence-corrected chi connectivity index (χ3v) is 6.53. The van der Waals surface area contributed by atoms with Gasteiger partial charge < -0.3 is 10.1 Å². The number of nitrogens with one attached hydrogen (secondary N) is 1. The van der Waals surface area contributed by atoms with Crippen LogP contribution in [0.15, 0.2) is 22.7 Å². The Bertz CT molecular complexity index is 470. The molecule has 1 saturated carbocycles. The monoisotopic (exact) mass is 355 g/mol. The van der Waals surface area contributed by atoms with E-state index < -0.39 is 0 Å². The summed E-state index contributed by atoms with van der Waals surface area (Å²) in [6.07, 6.45) is 8.65. The second kappa shape index (κ2) is 6.29. The van der Waals surface area contributed by atoms with Crippen molar-refractivity contribution in [2.24, 2.45) is 0 Å². The molecule has 1 fully saturated rings. The lowest BCUT2D eigenvalue weighted by atomic mass is 9.83. The maximum atomic E-state index is 5.88. The minimum Gasteiger partial charge on any atom is -0.493 e. The number of rotatable bonds is 4. The smallest absolute Gasteiger partial charge is 0.125 e. The Morgan fingerprint density at radius 1 is 1.40 bits per heavy atom. The standard InChI is InChI=1S/C16H22BrNOS/c1-20-16(7-3-8-16)11-18-14-4-2-9-19-15-10-12(17)5-6-13(14)15/h5-6,10,14,18H,2-4,7-9,11H2,1H3. The summed E-state index contributed by atoms with van der Waals surface area (Å²) >= 11 is 5.57. The normalized spacial score (nSPS) is 24.2. The Labute approximate surface area is 134 Å². The Balaban J connectivity index is 1.73. The van der Waals surface area contributed by atoms with Crippen LogP contribution in [0.2, 0.25) is 0 Å². The van der Waals surface area contributed by atoms with Gasteiger partial charge in [0.25, 0.3) is 0 Å². The summed E-state index contributed by atoms with van der Waals surface area (Å²) in [5.41, 5.74) is 1.32. The van der Waals surface area contributed by atoms with Gasteiger partial charge in [0.05, 0.1) is 6.61 Å². The van der Waals surface area contributed by atoms with Crippen molar-refractivity contribution in [3.63, 3.8) is 0 Å². The van der Waals surface area contributed by atoms with Crippen LogP contribution in [0.25, 0.3) is 0 Å². The van der Waals surface area contributed by atoms with Crippen molar-refractivity contribution in [3.05, 3.63) is 28.2 Å². The number of hydrogen-bond donors (Lipinski definition) is 1. The van der Waals surface area contributed by atoms with Gasteiger partial charge in [0.2, 0.25) is 0 Å². The summed E-state index contributed by atoms with van der Waals surface area (Å²) in [5, 5.41) is 3.81. The molecule has 0 spiro atoms. The minimum absolute atomic E-state index is 0.435. The first-order valence-electron chi connectivity index (χ1n) is 7.43. The summed E-state index contributed by atoms with van der Waals surface area (Å²) in [6, 6.07) is 6.86. The quantitative estimate of drug-likeness (QED) is 0.856. The van der Waals surface area contributed by atoms with Crippen molar-refractivity contribution < 1.29 is 4.74 Å². The van der Waals surface area contributed by atoms with Crippen molar-refractivity contribution in [1.29, 1.82) is 0 Å². The lowest BCUT2D eigenvalue weighted by Crippen LogP contribution is -2.44. The molecule has 1 aliphatic carbocycles. The SMILES string of the molecule is CSC1(CNC2CCCOc3cc(Br)ccc32)CCC1. The molecular formula is C16H22BrNOS. The van der Waals surface area contributed by atoms with Crippen LogP contribution in [0.1, 0.15) is 43.7 Å². The summed E-state index contributed by atoms with van der Waals surface area (Å²) in [6.45, 7) is 1.95. The van der Waals surface area contributed by atoms with Gasteiger partial charge in [-0.2, -0.15) is 11.8 Å². The largest absolute Gasteiger partial charge is 0.493 e. The van der Waals surface area contributed by atoms with Crippen LogP contribution in [0.3, 0.4) is 0 Å². The van der Waals surface area contributed by atoms with Crippen molar-refractivity contribution in [2.45, 2.75) is 42.9 Å². The van der Waals surface area contributed by atoms with Gasteiger partial charge in [0, 0.05) is 27.4 Å². The molecule has 3 rings (SSSR count). The lowest BCUT2D eigenvalue weighted by Gasteiger charge is -2.41. The molecule has 4 heteroatoms. The van der Waals surface area contributed by atoms with Crippen molar-refractivity contribution in [3.8, 4) is 5.75 Å². The fraction of sp³-hybridized carbons (Fsp3) is 0.625. The third kappa shape index (κ3) is 3.02. The molecule has 0 saturated heterocycles. The van der Waals surface area contributed by atoms with Gasteiger partial charge >= 0.3 is 0 Å². The second-order valence-corrected chi connectivity index (χ2v) is 8.04. The molecule has 2 aliphatic rings. The molecular weight excluding hydrogens is 334 g/mol. The number of benzene rings is 1. The summed E-state index contributed by atoms with van der Waals surface area (Å²) < 4.78 is 7.47. The van der Waals surface area contributed by atoms with Crippen molar-refractivity contribution in [1.82, 2.24) is 5.32 Å². The summed E-state index contributed by atoms with van der Waals surface area (Å²) in [4.78, 5) is 0. The molecule has 1 aromatic carbocycles. The molecule has 0 amide bonds. The van der Waals surface area contributed by atoms with Gasteiger partial charge in [-0.1, -0.05) is 28.4 Å². The van der Waals surface area contributed by atoms with E-state index in [2.05, 4.69) is 45.7 Å². The highest BCUT2D eigenvalue weighted by Gasteiger charge is 2.36. The molecule has 1 N–H and O–H groups in total. The van der Waals surface area contributed by atoms with E-state index in [1.807, 2.05) is 11.8 Å². The zero-order chi connectivity index (χ0) is 14.0. The molecule has 110 valence electrons. The second-order valence-electron chi connectivity index (χ2n) is 5.85. The van der Waals surface area contributed by atoms with Crippen LogP contribution in [0.4, 0.5) is 0 Å². The number of hydrogen-bond acceptors (Lipinski definition) is 3. The van der Waals surface area contributed by atoms with Crippen LogP contribution in [-0.4, -0.2) is 24.2 Å². The Morgan fingerprint density at radius 2 is 2.25 bits per heavy atom. The van der Waals surface area contributed by atoms with Gasteiger partial charge in [-0.3, -0.25) is 0 Å². The fourth-order valence-corrected chi connectivity index (χ4v) is 4.36. The van der Waals surface area contributed by atoms with Crippen LogP contribution >= 0.6 is 27.7 Å². The summed E-state index contributed by atoms with van der Waals surface area (Å²) in [7, 11) is 0. The maximum Gasteiger partial charge on any atom is 0.125 e. The van der Waals surface area contributed by atoms with Crippen LogP contribution in [0, 0.1) is 0 Å². The lowest BCUT2D eigenvalue weighted by molar-refractivity contribution is 0.310. The number of ether oxygens (including phenoxy) is 1. The highest BCUT2D eigenvalue weighted by molar-refractivity contribution is 9.10. The van der Waals surface area contributed by atoms with Gasteiger partial charge in [-0.15, -0.1) is 0 Å². The molecule has 0 aromatic heterocycles. The number of halogens is 1. The van der Waals surface area contributed by atoms with E-state index in [0.29, 0.717) is 10.8 Å². The average Bonchev–Trinajstić information content (AvgIpc) is 2.60. The topological polar surface area (TPSA) is 21.3 Å². The van der Waals surface area contributed by atoms with Crippen LogP contribution < -0.4 is 10.1 Å². The van der Waals surface area contributed by atoms with E-state index in [9.17, 15) is 0 Å². The molecule has 1 atom stereocenters. The first kappa shape index (κ1) is 14.7. The fourth-order valence-electron chi connectivity index (χ4n) is 3.09. The van der Waals surface area contributed by atoms with Crippen molar-refractivity contribution >= 4 is 27.7 Å². The molecule has 1 aromatic rings. The zero-order valence-corrected chi connectivity index (χ0v) is 14.4. The van der Waals surface area contributed by atoms with E-state index in [0.717, 1.165) is 29.8 Å². The Hall–Kier alpha value is -0.190. The molecule has 20 heavy (non-hydrogen) atoms. The van der Waals surface area contributed by atoms with E-state index >= 15 is 0 Å². The predicted molar refractivity (Wildman–Crippen MR) is 89.7 cm³/mol. The molecule has 0 radical (unpaired) electrons. The number of fused-ring (bicyclic) bond motifs is 1. The predicted octanol–water partition coefficient (Wildman–Crippen LogP) is 4.54. The van der Waals surface area contributed by atoms with Crippen LogP contribution in [-0.2, 0) is 0 Å². The minimum atomic E-state index is 0.435. The van der Waals surface area contributed by atoms with Gasteiger partial charge in [0.15, 0.2) is 0 Å². The molecule has 0 bridgehead atoms. The van der Waals surface area contributed by atoms with Gasteiger partial charge in [0.1, 0.15) is 5.75 Å². The van der Waals surface area contributed by atoms with E-state index in [-0.39, 0.29) is 0 Å². The highest BCUT2D eigenvalue weighted by atomic mass is 79.9. The first-order chi connectivity index (χ1) is 9.72. The third-order valence-electron chi connectivity index (χ3n) is 4.61. The summed E-state index contributed by atoms with van der Waals surface area (Å²) in [5.74, 6) is 1.04. The van der Waals surface area contributed by atoms with E-state index in [1.54, 1.807) is 0 Å². The average molecular weight is 356 g/mol. The first-order valence-corrected chi connectivity index (χ1v) is 9.45.